The summed E-state index contributed by atoms with van der Waals surface area (Å²) in [5.74, 6) is 0.299. The summed E-state index contributed by atoms with van der Waals surface area (Å²) < 4.78 is 0. The normalized spacial score (nSPS) is 27.2. The van der Waals surface area contributed by atoms with E-state index in [-0.39, 0.29) is 5.54 Å². The molecule has 13 heavy (non-hydrogen) atoms. The Morgan fingerprint density at radius 3 is 2.77 bits per heavy atom. The summed E-state index contributed by atoms with van der Waals surface area (Å²) in [5, 5.41) is 3.12. The molecule has 1 heterocycles. The average Bonchev–Trinajstić information content (AvgIpc) is 2.07. The van der Waals surface area contributed by atoms with Crippen molar-refractivity contribution in [3.63, 3.8) is 0 Å². The van der Waals surface area contributed by atoms with E-state index in [2.05, 4.69) is 17.1 Å². The number of carbonyl (C=O) groups excluding carboxylic acids is 1. The zero-order chi connectivity index (χ0) is 9.31. The predicted octanol–water partition coefficient (Wildman–Crippen LogP) is 0.751. The Balaban J connectivity index is 2.08. The van der Waals surface area contributed by atoms with Crippen LogP contribution in [-0.2, 0) is 4.79 Å². The molecule has 1 aliphatic carbocycles. The molecule has 1 aliphatic heterocycles. The highest BCUT2D eigenvalue weighted by Crippen LogP contribution is 2.40. The van der Waals surface area contributed by atoms with Crippen LogP contribution in [0.5, 0.6) is 0 Å². The lowest BCUT2D eigenvalue weighted by Gasteiger charge is -2.51. The van der Waals surface area contributed by atoms with Gasteiger partial charge in [-0.2, -0.15) is 0 Å². The average molecular weight is 182 g/mol. The van der Waals surface area contributed by atoms with E-state index in [0.717, 1.165) is 19.5 Å². The van der Waals surface area contributed by atoms with Crippen LogP contribution >= 0.6 is 0 Å². The van der Waals surface area contributed by atoms with Gasteiger partial charge in [0.05, 0.1) is 6.54 Å². The molecule has 0 aromatic rings. The minimum absolute atomic E-state index is 0.249. The summed E-state index contributed by atoms with van der Waals surface area (Å²) in [6.45, 7) is 4.62. The molecule has 1 saturated carbocycles. The molecule has 2 aliphatic rings. The highest BCUT2D eigenvalue weighted by atomic mass is 16.2. The number of amides is 1. The maximum absolute atomic E-state index is 11.7. The van der Waals surface area contributed by atoms with Gasteiger partial charge >= 0.3 is 0 Å². The quantitative estimate of drug-likeness (QED) is 0.683. The molecule has 2 rings (SSSR count). The van der Waals surface area contributed by atoms with Crippen LogP contribution in [0.3, 0.4) is 0 Å². The molecule has 1 saturated heterocycles. The Kier molecular flexibility index (Phi) is 2.28. The molecule has 0 spiro atoms. The third kappa shape index (κ3) is 1.35. The number of hydrogen-bond acceptors (Lipinski definition) is 2. The summed E-state index contributed by atoms with van der Waals surface area (Å²) in [5.41, 5.74) is 0.249. The van der Waals surface area contributed by atoms with Gasteiger partial charge in [0.1, 0.15) is 0 Å². The smallest absolute Gasteiger partial charge is 0.237 e. The molecule has 1 amide bonds. The second-order valence-electron chi connectivity index (χ2n) is 4.15. The second-order valence-corrected chi connectivity index (χ2v) is 4.15. The molecule has 0 aromatic heterocycles. The highest BCUT2D eigenvalue weighted by Gasteiger charge is 2.43. The molecular weight excluding hydrogens is 164 g/mol. The third-order valence-corrected chi connectivity index (χ3v) is 3.60. The zero-order valence-electron chi connectivity index (χ0n) is 8.31. The molecule has 0 radical (unpaired) electrons. The summed E-state index contributed by atoms with van der Waals surface area (Å²) in [7, 11) is 0. The molecule has 0 bridgehead atoms. The van der Waals surface area contributed by atoms with Crippen LogP contribution in [0, 0.1) is 0 Å². The Hall–Kier alpha value is -0.570. The van der Waals surface area contributed by atoms with Gasteiger partial charge in [0.25, 0.3) is 0 Å². The van der Waals surface area contributed by atoms with Crippen molar-refractivity contribution < 1.29 is 4.79 Å². The lowest BCUT2D eigenvalue weighted by atomic mass is 9.73. The lowest BCUT2D eigenvalue weighted by Crippen LogP contribution is -2.61. The molecule has 1 N–H and O–H groups in total. The minimum Gasteiger partial charge on any atom is -0.335 e. The Labute approximate surface area is 79.5 Å². The van der Waals surface area contributed by atoms with Crippen molar-refractivity contribution in [1.29, 1.82) is 0 Å². The number of carbonyl (C=O) groups is 1. The van der Waals surface area contributed by atoms with Crippen LogP contribution < -0.4 is 5.32 Å². The predicted molar refractivity (Wildman–Crippen MR) is 51.5 cm³/mol. The Bertz CT molecular complexity index is 205. The molecular formula is C10H18N2O. The van der Waals surface area contributed by atoms with E-state index in [9.17, 15) is 4.79 Å². The largest absolute Gasteiger partial charge is 0.335 e. The first-order chi connectivity index (χ1) is 6.28. The van der Waals surface area contributed by atoms with Crippen molar-refractivity contribution >= 4 is 5.91 Å². The minimum atomic E-state index is 0.249. The molecule has 0 unspecified atom stereocenters. The lowest BCUT2D eigenvalue weighted by molar-refractivity contribution is -0.143. The van der Waals surface area contributed by atoms with Crippen molar-refractivity contribution in [1.82, 2.24) is 10.2 Å². The first-order valence-electron chi connectivity index (χ1n) is 5.30. The van der Waals surface area contributed by atoms with Gasteiger partial charge in [0.2, 0.25) is 5.91 Å². The van der Waals surface area contributed by atoms with Crippen molar-refractivity contribution in [2.75, 3.05) is 19.6 Å². The van der Waals surface area contributed by atoms with E-state index < -0.39 is 0 Å². The number of nitrogens with zero attached hydrogens (tertiary/aromatic N) is 1. The summed E-state index contributed by atoms with van der Waals surface area (Å²) >= 11 is 0. The standard InChI is InChI=1S/C10H18N2O/c1-2-10(4-3-5-10)12-7-6-11-8-9(12)13/h11H,2-8H2,1H3. The molecule has 3 nitrogen and oxygen atoms in total. The molecule has 74 valence electrons. The monoisotopic (exact) mass is 182 g/mol. The molecule has 2 fully saturated rings. The molecule has 3 heteroatoms. The van der Waals surface area contributed by atoms with Gasteiger partial charge < -0.3 is 10.2 Å². The first-order valence-corrected chi connectivity index (χ1v) is 5.30. The molecule has 0 aromatic carbocycles. The van der Waals surface area contributed by atoms with E-state index in [1.54, 1.807) is 0 Å². The van der Waals surface area contributed by atoms with E-state index in [1.807, 2.05) is 0 Å². The van der Waals surface area contributed by atoms with Gasteiger partial charge in [-0.05, 0) is 25.7 Å². The maximum Gasteiger partial charge on any atom is 0.237 e. The van der Waals surface area contributed by atoms with Crippen molar-refractivity contribution in [2.45, 2.75) is 38.1 Å². The third-order valence-electron chi connectivity index (χ3n) is 3.60. The topological polar surface area (TPSA) is 32.3 Å². The van der Waals surface area contributed by atoms with Crippen LogP contribution in [0.1, 0.15) is 32.6 Å². The van der Waals surface area contributed by atoms with Gasteiger partial charge in [-0.25, -0.2) is 0 Å². The maximum atomic E-state index is 11.7. The summed E-state index contributed by atoms with van der Waals surface area (Å²) in [6.07, 6.45) is 4.86. The summed E-state index contributed by atoms with van der Waals surface area (Å²) in [4.78, 5) is 13.8. The molecule has 0 atom stereocenters. The number of hydrogen-bond donors (Lipinski definition) is 1. The van der Waals surface area contributed by atoms with E-state index in [0.29, 0.717) is 12.5 Å². The Morgan fingerprint density at radius 1 is 1.54 bits per heavy atom. The number of piperazine rings is 1. The van der Waals surface area contributed by atoms with Crippen molar-refractivity contribution in [3.05, 3.63) is 0 Å². The van der Waals surface area contributed by atoms with Crippen molar-refractivity contribution in [2.24, 2.45) is 0 Å². The van der Waals surface area contributed by atoms with Crippen LogP contribution in [0.2, 0.25) is 0 Å². The fourth-order valence-electron chi connectivity index (χ4n) is 2.51. The van der Waals surface area contributed by atoms with Gasteiger partial charge in [0.15, 0.2) is 0 Å². The fourth-order valence-corrected chi connectivity index (χ4v) is 2.51. The van der Waals surface area contributed by atoms with E-state index >= 15 is 0 Å². The SMILES string of the molecule is CCC1(N2CCNCC2=O)CCC1. The van der Waals surface area contributed by atoms with Gasteiger partial charge in [-0.1, -0.05) is 6.92 Å². The first kappa shape index (κ1) is 9.00. The van der Waals surface area contributed by atoms with Gasteiger partial charge in [0, 0.05) is 18.6 Å². The van der Waals surface area contributed by atoms with Crippen LogP contribution in [0.4, 0.5) is 0 Å². The van der Waals surface area contributed by atoms with Crippen LogP contribution in [-0.4, -0.2) is 36.0 Å². The van der Waals surface area contributed by atoms with E-state index in [4.69, 9.17) is 0 Å². The second kappa shape index (κ2) is 3.29. The van der Waals surface area contributed by atoms with Crippen LogP contribution in [0.25, 0.3) is 0 Å². The van der Waals surface area contributed by atoms with Gasteiger partial charge in [-0.3, -0.25) is 4.79 Å². The van der Waals surface area contributed by atoms with E-state index in [1.165, 1.54) is 19.3 Å². The number of nitrogens with one attached hydrogen (secondary N) is 1. The highest BCUT2D eigenvalue weighted by molar-refractivity contribution is 5.80. The van der Waals surface area contributed by atoms with Crippen LogP contribution in [0.15, 0.2) is 0 Å². The fraction of sp³-hybridized carbons (Fsp3) is 0.900. The van der Waals surface area contributed by atoms with Crippen molar-refractivity contribution in [3.8, 4) is 0 Å². The summed E-state index contributed by atoms with van der Waals surface area (Å²) in [6, 6.07) is 0. The van der Waals surface area contributed by atoms with Gasteiger partial charge in [-0.15, -0.1) is 0 Å². The zero-order valence-corrected chi connectivity index (χ0v) is 8.31. The Morgan fingerprint density at radius 2 is 2.31 bits per heavy atom. The number of rotatable bonds is 2.